The molecule has 3 rings (SSSR count). The molecule has 2 N–H and O–H groups in total. The molecule has 0 bridgehead atoms. The Hall–Kier alpha value is -2.67. The number of carbonyl (C=O) groups excluding carboxylic acids is 1. The Balaban J connectivity index is 1.51. The minimum atomic E-state index is -0.128. The number of aryl methyl sites for hydroxylation is 1. The van der Waals surface area contributed by atoms with Gasteiger partial charge in [0.1, 0.15) is 5.52 Å². The molecule has 0 aliphatic carbocycles. The van der Waals surface area contributed by atoms with Crippen LogP contribution in [0.25, 0.3) is 16.7 Å². The monoisotopic (exact) mass is 313 g/mol. The molecule has 0 aliphatic rings. The van der Waals surface area contributed by atoms with Crippen LogP contribution in [0.1, 0.15) is 11.3 Å². The second-order valence-electron chi connectivity index (χ2n) is 4.68. The molecule has 0 unspecified atom stereocenters. The van der Waals surface area contributed by atoms with E-state index in [-0.39, 0.29) is 5.91 Å². The summed E-state index contributed by atoms with van der Waals surface area (Å²) in [6, 6.07) is 11.5. The third-order valence-corrected chi connectivity index (χ3v) is 4.07. The van der Waals surface area contributed by atoms with Gasteiger partial charge in [-0.2, -0.15) is 0 Å². The normalized spacial score (nSPS) is 10.5. The first kappa shape index (κ1) is 14.3. The lowest BCUT2D eigenvalue weighted by Crippen LogP contribution is -2.36. The zero-order valence-electron chi connectivity index (χ0n) is 11.8. The highest BCUT2D eigenvalue weighted by atomic mass is 32.1. The van der Waals surface area contributed by atoms with Gasteiger partial charge in [0.25, 0.3) is 0 Å². The van der Waals surface area contributed by atoms with Gasteiger partial charge in [-0.25, -0.2) is 4.68 Å². The largest absolute Gasteiger partial charge is 0.298 e. The van der Waals surface area contributed by atoms with E-state index in [0.717, 1.165) is 15.9 Å². The van der Waals surface area contributed by atoms with Crippen molar-refractivity contribution >= 4 is 34.0 Å². The maximum absolute atomic E-state index is 11.9. The van der Waals surface area contributed by atoms with Crippen molar-refractivity contribution in [3.8, 4) is 0 Å². The van der Waals surface area contributed by atoms with Crippen LogP contribution < -0.4 is 10.9 Å². The Kier molecular flexibility index (Phi) is 4.15. The third kappa shape index (κ3) is 3.15. The number of amides is 1. The third-order valence-electron chi connectivity index (χ3n) is 3.14. The Morgan fingerprint density at radius 2 is 2.09 bits per heavy atom. The second-order valence-corrected chi connectivity index (χ2v) is 5.63. The summed E-state index contributed by atoms with van der Waals surface area (Å²) in [6.07, 6.45) is 0.304. The Bertz CT molecular complexity index is 793. The van der Waals surface area contributed by atoms with Gasteiger partial charge in [-0.1, -0.05) is 30.0 Å². The first-order chi connectivity index (χ1) is 10.7. The van der Waals surface area contributed by atoms with Crippen LogP contribution in [0.2, 0.25) is 0 Å². The highest BCUT2D eigenvalue weighted by Gasteiger charge is 2.07. The van der Waals surface area contributed by atoms with Gasteiger partial charge >= 0.3 is 0 Å². The van der Waals surface area contributed by atoms with Gasteiger partial charge < -0.3 is 0 Å². The number of hydrogen-bond donors (Lipinski definition) is 2. The average molecular weight is 313 g/mol. The molecular formula is C15H15N5OS. The number of nitrogens with zero attached hydrogens (tertiary/aromatic N) is 3. The molecule has 2 heterocycles. The van der Waals surface area contributed by atoms with Crippen LogP contribution in [0, 0.1) is 0 Å². The van der Waals surface area contributed by atoms with Crippen molar-refractivity contribution in [3.05, 3.63) is 53.2 Å². The Labute approximate surface area is 131 Å². The number of hydrazine groups is 1. The van der Waals surface area contributed by atoms with Crippen LogP contribution in [-0.4, -0.2) is 20.9 Å². The first-order valence-electron chi connectivity index (χ1n) is 6.80. The minimum Gasteiger partial charge on any atom is -0.298 e. The van der Waals surface area contributed by atoms with Crippen LogP contribution >= 0.6 is 11.3 Å². The number of nitrogens with one attached hydrogen (secondary N) is 2. The molecule has 0 atom stereocenters. The maximum atomic E-state index is 11.9. The highest BCUT2D eigenvalue weighted by molar-refractivity contribution is 7.11. The van der Waals surface area contributed by atoms with Crippen molar-refractivity contribution in [1.82, 2.24) is 25.8 Å². The molecule has 1 aromatic carbocycles. The van der Waals surface area contributed by atoms with Crippen molar-refractivity contribution in [2.75, 3.05) is 0 Å². The fourth-order valence-corrected chi connectivity index (χ4v) is 2.66. The maximum Gasteiger partial charge on any atom is 0.240 e. The molecule has 22 heavy (non-hydrogen) atoms. The molecule has 112 valence electrons. The molecule has 1 amide bonds. The first-order valence-corrected chi connectivity index (χ1v) is 7.68. The number of hydrogen-bond acceptors (Lipinski definition) is 5. The smallest absolute Gasteiger partial charge is 0.240 e. The standard InChI is InChI=1S/C15H15N5OS/c1-11(14-7-4-10-22-14)16-18-15(21)8-9-20-13-6-3-2-5-12(13)17-19-20/h2-7,10,16H,1,8-9H2,(H,18,21). The molecule has 0 radical (unpaired) electrons. The molecule has 0 fully saturated rings. The predicted octanol–water partition coefficient (Wildman–Crippen LogP) is 2.17. The van der Waals surface area contributed by atoms with Crippen LogP contribution in [0.3, 0.4) is 0 Å². The van der Waals surface area contributed by atoms with E-state index in [1.54, 1.807) is 16.0 Å². The van der Waals surface area contributed by atoms with Crippen molar-refractivity contribution in [2.24, 2.45) is 0 Å². The number of fused-ring (bicyclic) bond motifs is 1. The second kappa shape index (κ2) is 6.40. The fourth-order valence-electron chi connectivity index (χ4n) is 2.01. The van der Waals surface area contributed by atoms with E-state index in [2.05, 4.69) is 27.7 Å². The predicted molar refractivity (Wildman–Crippen MR) is 86.8 cm³/mol. The molecule has 2 aromatic heterocycles. The van der Waals surface area contributed by atoms with Gasteiger partial charge in [-0.3, -0.25) is 15.6 Å². The summed E-state index contributed by atoms with van der Waals surface area (Å²) in [6.45, 7) is 4.35. The summed E-state index contributed by atoms with van der Waals surface area (Å²) < 4.78 is 1.73. The number of carbonyl (C=O) groups is 1. The fraction of sp³-hybridized carbons (Fsp3) is 0.133. The minimum absolute atomic E-state index is 0.128. The summed E-state index contributed by atoms with van der Waals surface area (Å²) in [4.78, 5) is 12.9. The van der Waals surface area contributed by atoms with Crippen LogP contribution in [0.4, 0.5) is 0 Å². The molecular weight excluding hydrogens is 298 g/mol. The molecule has 0 saturated carbocycles. The molecule has 7 heteroatoms. The molecule has 3 aromatic rings. The van der Waals surface area contributed by atoms with E-state index in [4.69, 9.17) is 0 Å². The summed E-state index contributed by atoms with van der Waals surface area (Å²) in [5.41, 5.74) is 7.89. The van der Waals surface area contributed by atoms with E-state index in [1.165, 1.54) is 0 Å². The van der Waals surface area contributed by atoms with Crippen molar-refractivity contribution in [1.29, 1.82) is 0 Å². The lowest BCUT2D eigenvalue weighted by molar-refractivity contribution is -0.121. The van der Waals surface area contributed by atoms with Gasteiger partial charge in [0.05, 0.1) is 22.6 Å². The molecule has 0 spiro atoms. The van der Waals surface area contributed by atoms with Crippen LogP contribution in [0.5, 0.6) is 0 Å². The van der Waals surface area contributed by atoms with Crippen LogP contribution in [0.15, 0.2) is 48.4 Å². The zero-order valence-corrected chi connectivity index (χ0v) is 12.6. The summed E-state index contributed by atoms with van der Waals surface area (Å²) >= 11 is 1.56. The number of thiophene rings is 1. The van der Waals surface area contributed by atoms with E-state index in [9.17, 15) is 4.79 Å². The number of rotatable bonds is 6. The van der Waals surface area contributed by atoms with Gasteiger partial charge in [0.2, 0.25) is 5.91 Å². The highest BCUT2D eigenvalue weighted by Crippen LogP contribution is 2.15. The molecule has 6 nitrogen and oxygen atoms in total. The quantitative estimate of drug-likeness (QED) is 0.684. The van der Waals surface area contributed by atoms with E-state index in [0.29, 0.717) is 18.7 Å². The number of para-hydroxylation sites is 1. The zero-order chi connectivity index (χ0) is 15.4. The summed E-state index contributed by atoms with van der Waals surface area (Å²) in [7, 11) is 0. The summed E-state index contributed by atoms with van der Waals surface area (Å²) in [5, 5.41) is 10.1. The lowest BCUT2D eigenvalue weighted by Gasteiger charge is -2.09. The van der Waals surface area contributed by atoms with Crippen molar-refractivity contribution in [3.63, 3.8) is 0 Å². The van der Waals surface area contributed by atoms with E-state index in [1.807, 2.05) is 41.8 Å². The van der Waals surface area contributed by atoms with Crippen molar-refractivity contribution in [2.45, 2.75) is 13.0 Å². The topological polar surface area (TPSA) is 71.8 Å². The van der Waals surface area contributed by atoms with Gasteiger partial charge in [0.15, 0.2) is 0 Å². The molecule has 0 saturated heterocycles. The lowest BCUT2D eigenvalue weighted by atomic mass is 10.3. The van der Waals surface area contributed by atoms with Crippen molar-refractivity contribution < 1.29 is 4.79 Å². The SMILES string of the molecule is C=C(NNC(=O)CCn1nnc2ccccc21)c1cccs1. The number of aromatic nitrogens is 3. The Morgan fingerprint density at radius 1 is 1.23 bits per heavy atom. The van der Waals surface area contributed by atoms with Gasteiger partial charge in [-0.15, -0.1) is 16.4 Å². The Morgan fingerprint density at radius 3 is 2.91 bits per heavy atom. The van der Waals surface area contributed by atoms with E-state index >= 15 is 0 Å². The average Bonchev–Trinajstić information content (AvgIpc) is 3.20. The number of benzene rings is 1. The van der Waals surface area contributed by atoms with Crippen LogP contribution in [-0.2, 0) is 11.3 Å². The van der Waals surface area contributed by atoms with E-state index < -0.39 is 0 Å². The van der Waals surface area contributed by atoms with Gasteiger partial charge in [-0.05, 0) is 23.6 Å². The van der Waals surface area contributed by atoms with Gasteiger partial charge in [0, 0.05) is 6.42 Å². The summed E-state index contributed by atoms with van der Waals surface area (Å²) in [5.74, 6) is -0.128. The molecule has 0 aliphatic heterocycles.